The molecule has 5 nitrogen and oxygen atoms in total. The number of rotatable bonds is 3. The second-order valence-corrected chi connectivity index (χ2v) is 4.71. The Kier molecular flexibility index (Phi) is 3.78. The lowest BCUT2D eigenvalue weighted by Crippen LogP contribution is -2.42. The minimum atomic E-state index is -0.0600. The summed E-state index contributed by atoms with van der Waals surface area (Å²) >= 11 is 0. The standard InChI is InChI=1S/C12H20N4O/c1-9(8-13)12(17)16-6-2-10(3-7-16)11-14-4-5-15-11/h4-5,9-10H,2-3,6-8,13H2,1H3,(H,14,15). The maximum Gasteiger partial charge on any atom is 0.226 e. The van der Waals surface area contributed by atoms with Crippen LogP contribution in [0.3, 0.4) is 0 Å². The first kappa shape index (κ1) is 12.1. The zero-order valence-electron chi connectivity index (χ0n) is 10.2. The van der Waals surface area contributed by atoms with Gasteiger partial charge in [0.2, 0.25) is 5.91 Å². The van der Waals surface area contributed by atoms with Gasteiger partial charge in [-0.15, -0.1) is 0 Å². The highest BCUT2D eigenvalue weighted by molar-refractivity contribution is 5.78. The molecular weight excluding hydrogens is 216 g/mol. The quantitative estimate of drug-likeness (QED) is 0.811. The number of H-pyrrole nitrogens is 1. The number of nitrogens with one attached hydrogen (secondary N) is 1. The maximum absolute atomic E-state index is 11.9. The highest BCUT2D eigenvalue weighted by Crippen LogP contribution is 2.25. The van der Waals surface area contributed by atoms with E-state index in [0.29, 0.717) is 12.5 Å². The predicted octanol–water partition coefficient (Wildman–Crippen LogP) is 0.710. The van der Waals surface area contributed by atoms with Crippen molar-refractivity contribution in [3.05, 3.63) is 18.2 Å². The first-order valence-electron chi connectivity index (χ1n) is 6.20. The van der Waals surface area contributed by atoms with Gasteiger partial charge in [-0.2, -0.15) is 0 Å². The molecule has 2 rings (SSSR count). The number of piperidine rings is 1. The van der Waals surface area contributed by atoms with Gasteiger partial charge in [-0.3, -0.25) is 4.79 Å². The number of carbonyl (C=O) groups is 1. The maximum atomic E-state index is 11.9. The van der Waals surface area contributed by atoms with Gasteiger partial charge in [0, 0.05) is 43.9 Å². The lowest BCUT2D eigenvalue weighted by Gasteiger charge is -2.32. The van der Waals surface area contributed by atoms with E-state index in [9.17, 15) is 4.79 Å². The van der Waals surface area contributed by atoms with Crippen molar-refractivity contribution in [2.75, 3.05) is 19.6 Å². The zero-order valence-corrected chi connectivity index (χ0v) is 10.2. The molecule has 0 saturated carbocycles. The average molecular weight is 236 g/mol. The van der Waals surface area contributed by atoms with E-state index in [0.717, 1.165) is 31.8 Å². The molecule has 1 aromatic rings. The van der Waals surface area contributed by atoms with Gasteiger partial charge in [-0.1, -0.05) is 6.92 Å². The number of carbonyl (C=O) groups excluding carboxylic acids is 1. The van der Waals surface area contributed by atoms with Gasteiger partial charge >= 0.3 is 0 Å². The molecule has 3 N–H and O–H groups in total. The summed E-state index contributed by atoms with van der Waals surface area (Å²) in [5, 5.41) is 0. The normalized spacial score (nSPS) is 19.3. The molecule has 5 heteroatoms. The van der Waals surface area contributed by atoms with E-state index in [1.807, 2.05) is 18.0 Å². The van der Waals surface area contributed by atoms with Crippen molar-refractivity contribution in [3.63, 3.8) is 0 Å². The smallest absolute Gasteiger partial charge is 0.226 e. The van der Waals surface area contributed by atoms with Gasteiger partial charge in [-0.25, -0.2) is 4.98 Å². The van der Waals surface area contributed by atoms with E-state index in [4.69, 9.17) is 5.73 Å². The summed E-state index contributed by atoms with van der Waals surface area (Å²) in [5.74, 6) is 1.63. The summed E-state index contributed by atoms with van der Waals surface area (Å²) in [7, 11) is 0. The molecule has 1 atom stereocenters. The fourth-order valence-electron chi connectivity index (χ4n) is 2.29. The number of amides is 1. The van der Waals surface area contributed by atoms with Gasteiger partial charge in [0.1, 0.15) is 5.82 Å². The highest BCUT2D eigenvalue weighted by atomic mass is 16.2. The third-order valence-electron chi connectivity index (χ3n) is 3.49. The Morgan fingerprint density at radius 1 is 1.65 bits per heavy atom. The van der Waals surface area contributed by atoms with Crippen molar-refractivity contribution < 1.29 is 4.79 Å². The van der Waals surface area contributed by atoms with Crippen LogP contribution in [0.4, 0.5) is 0 Å². The number of aromatic amines is 1. The first-order valence-corrected chi connectivity index (χ1v) is 6.20. The molecule has 0 aromatic carbocycles. The molecule has 1 unspecified atom stereocenters. The van der Waals surface area contributed by atoms with Gasteiger partial charge in [0.25, 0.3) is 0 Å². The monoisotopic (exact) mass is 236 g/mol. The first-order chi connectivity index (χ1) is 8.22. The number of aromatic nitrogens is 2. The molecule has 1 aliphatic heterocycles. The second-order valence-electron chi connectivity index (χ2n) is 4.71. The number of likely N-dealkylation sites (tertiary alicyclic amines) is 1. The molecule has 2 heterocycles. The van der Waals surface area contributed by atoms with Gasteiger partial charge in [-0.05, 0) is 12.8 Å². The Bertz CT molecular complexity index is 355. The molecular formula is C12H20N4O. The Labute approximate surface area is 101 Å². The van der Waals surface area contributed by atoms with E-state index >= 15 is 0 Å². The predicted molar refractivity (Wildman–Crippen MR) is 65.4 cm³/mol. The number of nitrogens with zero attached hydrogens (tertiary/aromatic N) is 2. The van der Waals surface area contributed by atoms with Crippen molar-refractivity contribution in [2.45, 2.75) is 25.7 Å². The fourth-order valence-corrected chi connectivity index (χ4v) is 2.29. The summed E-state index contributed by atoms with van der Waals surface area (Å²) in [6, 6.07) is 0. The van der Waals surface area contributed by atoms with Crippen LogP contribution < -0.4 is 5.73 Å². The van der Waals surface area contributed by atoms with Crippen LogP contribution in [0.15, 0.2) is 12.4 Å². The number of imidazole rings is 1. The number of hydrogen-bond acceptors (Lipinski definition) is 3. The van der Waals surface area contributed by atoms with Gasteiger partial charge in [0.15, 0.2) is 0 Å². The molecule has 0 bridgehead atoms. The minimum absolute atomic E-state index is 0.0600. The van der Waals surface area contributed by atoms with E-state index in [2.05, 4.69) is 9.97 Å². The number of nitrogens with two attached hydrogens (primary N) is 1. The summed E-state index contributed by atoms with van der Waals surface area (Å²) in [6.45, 7) is 3.95. The summed E-state index contributed by atoms with van der Waals surface area (Å²) in [4.78, 5) is 21.3. The molecule has 0 spiro atoms. The molecule has 0 radical (unpaired) electrons. The Balaban J connectivity index is 1.88. The molecule has 1 amide bonds. The fraction of sp³-hybridized carbons (Fsp3) is 0.667. The molecule has 17 heavy (non-hydrogen) atoms. The molecule has 1 aromatic heterocycles. The van der Waals surface area contributed by atoms with Crippen molar-refractivity contribution in [1.29, 1.82) is 0 Å². The van der Waals surface area contributed by atoms with Crippen LogP contribution in [0.5, 0.6) is 0 Å². The van der Waals surface area contributed by atoms with Crippen molar-refractivity contribution in [3.8, 4) is 0 Å². The van der Waals surface area contributed by atoms with Crippen LogP contribution in [0.1, 0.15) is 31.5 Å². The van der Waals surface area contributed by atoms with Gasteiger partial charge < -0.3 is 15.6 Å². The molecule has 0 aliphatic carbocycles. The minimum Gasteiger partial charge on any atom is -0.348 e. The van der Waals surface area contributed by atoms with E-state index in [-0.39, 0.29) is 11.8 Å². The van der Waals surface area contributed by atoms with Gasteiger partial charge in [0.05, 0.1) is 0 Å². The SMILES string of the molecule is CC(CN)C(=O)N1CCC(c2ncc[nH]2)CC1. The summed E-state index contributed by atoms with van der Waals surface area (Å²) in [6.07, 6.45) is 5.60. The average Bonchev–Trinajstić information content (AvgIpc) is 2.91. The van der Waals surface area contributed by atoms with Crippen LogP contribution in [0, 0.1) is 5.92 Å². The summed E-state index contributed by atoms with van der Waals surface area (Å²) < 4.78 is 0. The largest absolute Gasteiger partial charge is 0.348 e. The van der Waals surface area contributed by atoms with Crippen LogP contribution in [-0.2, 0) is 4.79 Å². The van der Waals surface area contributed by atoms with Crippen LogP contribution >= 0.6 is 0 Å². The second kappa shape index (κ2) is 5.31. The molecule has 1 fully saturated rings. The van der Waals surface area contributed by atoms with Crippen LogP contribution in [0.2, 0.25) is 0 Å². The molecule has 1 saturated heterocycles. The zero-order chi connectivity index (χ0) is 12.3. The van der Waals surface area contributed by atoms with Crippen molar-refractivity contribution >= 4 is 5.91 Å². The van der Waals surface area contributed by atoms with Crippen molar-refractivity contribution in [1.82, 2.24) is 14.9 Å². The third kappa shape index (κ3) is 2.66. The lowest BCUT2D eigenvalue weighted by molar-refractivity contribution is -0.135. The Morgan fingerprint density at radius 2 is 2.35 bits per heavy atom. The number of hydrogen-bond donors (Lipinski definition) is 2. The third-order valence-corrected chi connectivity index (χ3v) is 3.49. The van der Waals surface area contributed by atoms with Crippen LogP contribution in [-0.4, -0.2) is 40.4 Å². The highest BCUT2D eigenvalue weighted by Gasteiger charge is 2.26. The lowest BCUT2D eigenvalue weighted by atomic mass is 9.95. The Morgan fingerprint density at radius 3 is 2.88 bits per heavy atom. The summed E-state index contributed by atoms with van der Waals surface area (Å²) in [5.41, 5.74) is 5.52. The Hall–Kier alpha value is -1.36. The van der Waals surface area contributed by atoms with Crippen molar-refractivity contribution in [2.24, 2.45) is 11.7 Å². The van der Waals surface area contributed by atoms with E-state index in [1.165, 1.54) is 0 Å². The topological polar surface area (TPSA) is 75.0 Å². The molecule has 1 aliphatic rings. The molecule has 94 valence electrons. The van der Waals surface area contributed by atoms with E-state index in [1.54, 1.807) is 6.20 Å². The van der Waals surface area contributed by atoms with Crippen LogP contribution in [0.25, 0.3) is 0 Å². The van der Waals surface area contributed by atoms with E-state index < -0.39 is 0 Å².